The number of hydrogen-bond acceptors (Lipinski definition) is 2. The van der Waals surface area contributed by atoms with Gasteiger partial charge >= 0.3 is 0 Å². The fourth-order valence-corrected chi connectivity index (χ4v) is 4.33. The van der Waals surface area contributed by atoms with Crippen molar-refractivity contribution in [1.29, 1.82) is 0 Å². The van der Waals surface area contributed by atoms with Crippen molar-refractivity contribution in [1.82, 2.24) is 9.80 Å². The predicted octanol–water partition coefficient (Wildman–Crippen LogP) is 7.56. The summed E-state index contributed by atoms with van der Waals surface area (Å²) in [6.45, 7) is 8.18. The van der Waals surface area contributed by atoms with Crippen LogP contribution >= 0.6 is 0 Å². The summed E-state index contributed by atoms with van der Waals surface area (Å²) in [6, 6.07) is 0. The number of unbranched alkanes of at least 4 members (excludes halogenated alkanes) is 14. The van der Waals surface area contributed by atoms with E-state index in [0.717, 1.165) is 0 Å². The first-order valence-electron chi connectivity index (χ1n) is 11.8. The Balaban J connectivity index is 1.82. The van der Waals surface area contributed by atoms with Gasteiger partial charge < -0.3 is 9.80 Å². The second-order valence-electron chi connectivity index (χ2n) is 8.81. The van der Waals surface area contributed by atoms with Gasteiger partial charge in [0.25, 0.3) is 0 Å². The zero-order valence-corrected chi connectivity index (χ0v) is 18.5. The van der Waals surface area contributed by atoms with Gasteiger partial charge in [-0.25, -0.2) is 0 Å². The van der Waals surface area contributed by atoms with Crippen molar-refractivity contribution in [2.24, 2.45) is 5.92 Å². The third-order valence-electron chi connectivity index (χ3n) is 5.87. The topological polar surface area (TPSA) is 6.48 Å². The Kier molecular flexibility index (Phi) is 13.9. The summed E-state index contributed by atoms with van der Waals surface area (Å²) in [5.74, 6) is 0.686. The van der Waals surface area contributed by atoms with E-state index in [-0.39, 0.29) is 0 Å². The van der Waals surface area contributed by atoms with Crippen molar-refractivity contribution in [3.05, 3.63) is 12.4 Å². The minimum Gasteiger partial charge on any atom is -0.359 e. The molecule has 0 amide bonds. The van der Waals surface area contributed by atoms with E-state index in [0.29, 0.717) is 12.1 Å². The highest BCUT2D eigenvalue weighted by Gasteiger charge is 2.25. The molecule has 26 heavy (non-hydrogen) atoms. The Bertz CT molecular complexity index is 337. The van der Waals surface area contributed by atoms with Crippen molar-refractivity contribution < 1.29 is 0 Å². The number of hydrogen-bond donors (Lipinski definition) is 0. The molecule has 0 saturated heterocycles. The van der Waals surface area contributed by atoms with Gasteiger partial charge in [-0.05, 0) is 12.3 Å². The van der Waals surface area contributed by atoms with E-state index >= 15 is 0 Å². The lowest BCUT2D eigenvalue weighted by molar-refractivity contribution is 0.125. The third-order valence-corrected chi connectivity index (χ3v) is 5.87. The van der Waals surface area contributed by atoms with Crippen molar-refractivity contribution in [2.45, 2.75) is 123 Å². The molecular weight excluding hydrogens is 316 g/mol. The first-order chi connectivity index (χ1) is 12.7. The second-order valence-corrected chi connectivity index (χ2v) is 8.81. The highest BCUT2D eigenvalue weighted by atomic mass is 15.4. The first-order valence-corrected chi connectivity index (χ1v) is 11.8. The molecule has 1 heterocycles. The quantitative estimate of drug-likeness (QED) is 0.246. The van der Waals surface area contributed by atoms with Gasteiger partial charge in [-0.3, -0.25) is 0 Å². The van der Waals surface area contributed by atoms with E-state index < -0.39 is 0 Å². The lowest BCUT2D eigenvalue weighted by Gasteiger charge is -2.33. The van der Waals surface area contributed by atoms with E-state index in [4.69, 9.17) is 0 Å². The summed E-state index contributed by atoms with van der Waals surface area (Å²) in [4.78, 5) is 4.89. The summed E-state index contributed by atoms with van der Waals surface area (Å²) in [5.41, 5.74) is 0. The third kappa shape index (κ3) is 10.5. The molecule has 0 bridgehead atoms. The van der Waals surface area contributed by atoms with Crippen molar-refractivity contribution in [3.63, 3.8) is 0 Å². The van der Waals surface area contributed by atoms with Crippen molar-refractivity contribution in [2.75, 3.05) is 13.6 Å². The van der Waals surface area contributed by atoms with Gasteiger partial charge in [0.05, 0.1) is 0 Å². The summed E-state index contributed by atoms with van der Waals surface area (Å²) < 4.78 is 0. The Labute approximate surface area is 165 Å². The fourth-order valence-electron chi connectivity index (χ4n) is 4.33. The molecule has 0 fully saturated rings. The molecule has 2 heteroatoms. The maximum atomic E-state index is 2.53. The molecule has 0 aromatic heterocycles. The second kappa shape index (κ2) is 15.4. The Hall–Kier alpha value is -0.660. The van der Waals surface area contributed by atoms with Crippen LogP contribution in [0.2, 0.25) is 0 Å². The molecule has 1 aliphatic heterocycles. The lowest BCUT2D eigenvalue weighted by Crippen LogP contribution is -2.41. The minimum atomic E-state index is 0.571. The summed E-state index contributed by atoms with van der Waals surface area (Å²) in [6.07, 6.45) is 26.7. The molecule has 0 aromatic rings. The van der Waals surface area contributed by atoms with Crippen LogP contribution in [-0.2, 0) is 0 Å². The maximum Gasteiger partial charge on any atom is 0.103 e. The minimum absolute atomic E-state index is 0.571. The van der Waals surface area contributed by atoms with Gasteiger partial charge in [0.1, 0.15) is 6.17 Å². The molecule has 0 spiro atoms. The molecule has 1 rings (SSSR count). The smallest absolute Gasteiger partial charge is 0.103 e. The van der Waals surface area contributed by atoms with Gasteiger partial charge in [-0.1, -0.05) is 111 Å². The average Bonchev–Trinajstić information content (AvgIpc) is 2.99. The molecule has 0 N–H and O–H groups in total. The number of rotatable bonds is 17. The van der Waals surface area contributed by atoms with Crippen LogP contribution in [0, 0.1) is 5.92 Å². The Morgan fingerprint density at radius 2 is 1.08 bits per heavy atom. The molecule has 154 valence electrons. The van der Waals surface area contributed by atoms with Crippen molar-refractivity contribution >= 4 is 0 Å². The largest absolute Gasteiger partial charge is 0.359 e. The van der Waals surface area contributed by atoms with Gasteiger partial charge in [0.2, 0.25) is 0 Å². The molecule has 1 unspecified atom stereocenters. The van der Waals surface area contributed by atoms with Gasteiger partial charge in [-0.15, -0.1) is 0 Å². The zero-order valence-electron chi connectivity index (χ0n) is 18.5. The standard InChI is InChI=1S/C24H48N2/c1-5-6-7-8-9-10-11-12-13-14-15-16-17-18-19-20-26-22-21-25(4)24(26)23(2)3/h21-24H,5-20H2,1-4H3. The van der Waals surface area contributed by atoms with Crippen molar-refractivity contribution in [3.8, 4) is 0 Å². The summed E-state index contributed by atoms with van der Waals surface area (Å²) in [7, 11) is 2.20. The SMILES string of the molecule is CCCCCCCCCCCCCCCCCN1C=CN(C)C1C(C)C. The predicted molar refractivity (Wildman–Crippen MR) is 117 cm³/mol. The van der Waals surface area contributed by atoms with E-state index in [2.05, 4.69) is 50.0 Å². The molecular formula is C24H48N2. The molecule has 1 atom stereocenters. The molecule has 1 aliphatic rings. The van der Waals surface area contributed by atoms with Crippen LogP contribution in [0.25, 0.3) is 0 Å². The number of nitrogens with zero attached hydrogens (tertiary/aromatic N) is 2. The first kappa shape index (κ1) is 23.4. The molecule has 0 radical (unpaired) electrons. The monoisotopic (exact) mass is 364 g/mol. The van der Waals surface area contributed by atoms with Crippen LogP contribution in [0.5, 0.6) is 0 Å². The maximum absolute atomic E-state index is 2.53. The van der Waals surface area contributed by atoms with Crippen LogP contribution < -0.4 is 0 Å². The fraction of sp³-hybridized carbons (Fsp3) is 0.917. The lowest BCUT2D eigenvalue weighted by atomic mass is 10.0. The van der Waals surface area contributed by atoms with Crippen LogP contribution in [0.15, 0.2) is 12.4 Å². The molecule has 0 saturated carbocycles. The van der Waals surface area contributed by atoms with Gasteiger partial charge in [0, 0.05) is 26.0 Å². The van der Waals surface area contributed by atoms with Crippen LogP contribution in [0.4, 0.5) is 0 Å². The molecule has 0 aromatic carbocycles. The highest BCUT2D eigenvalue weighted by Crippen LogP contribution is 2.21. The van der Waals surface area contributed by atoms with E-state index in [1.54, 1.807) is 0 Å². The zero-order chi connectivity index (χ0) is 19.0. The van der Waals surface area contributed by atoms with E-state index in [1.807, 2.05) is 0 Å². The summed E-state index contributed by atoms with van der Waals surface area (Å²) in [5, 5.41) is 0. The normalized spacial score (nSPS) is 17.0. The molecule has 2 nitrogen and oxygen atoms in total. The van der Waals surface area contributed by atoms with Crippen LogP contribution in [0.3, 0.4) is 0 Å². The van der Waals surface area contributed by atoms with Crippen LogP contribution in [0.1, 0.15) is 117 Å². The van der Waals surface area contributed by atoms with Gasteiger partial charge in [0.15, 0.2) is 0 Å². The average molecular weight is 365 g/mol. The summed E-state index contributed by atoms with van der Waals surface area (Å²) >= 11 is 0. The highest BCUT2D eigenvalue weighted by molar-refractivity contribution is 4.96. The van der Waals surface area contributed by atoms with E-state index in [9.17, 15) is 0 Å². The van der Waals surface area contributed by atoms with E-state index in [1.165, 1.54) is 103 Å². The molecule has 0 aliphatic carbocycles. The van der Waals surface area contributed by atoms with Crippen LogP contribution in [-0.4, -0.2) is 29.6 Å². The van der Waals surface area contributed by atoms with Gasteiger partial charge in [-0.2, -0.15) is 0 Å². The Morgan fingerprint density at radius 3 is 1.50 bits per heavy atom. The Morgan fingerprint density at radius 1 is 0.654 bits per heavy atom.